The summed E-state index contributed by atoms with van der Waals surface area (Å²) >= 11 is 1.35. The van der Waals surface area contributed by atoms with Gasteiger partial charge in [0.2, 0.25) is 5.91 Å². The SMILES string of the molecule is Cc1ccc(Cc2cnc(NC(=O)NCc3ccc(NC(=O)C(C)C)cc3)s2)cc1F. The van der Waals surface area contributed by atoms with Crippen molar-refractivity contribution >= 4 is 34.1 Å². The van der Waals surface area contributed by atoms with Gasteiger partial charge < -0.3 is 10.6 Å². The number of carbonyl (C=O) groups excluding carboxylic acids is 2. The monoisotopic (exact) mass is 440 g/mol. The molecule has 0 aliphatic carbocycles. The van der Waals surface area contributed by atoms with Crippen molar-refractivity contribution in [2.24, 2.45) is 5.92 Å². The maximum atomic E-state index is 13.7. The van der Waals surface area contributed by atoms with Crippen LogP contribution in [-0.4, -0.2) is 16.9 Å². The standard InChI is InChI=1S/C23H25FN4O2S/c1-14(2)21(29)27-18-8-6-16(7-9-18)12-25-22(30)28-23-26-13-19(31-23)10-17-5-4-15(3)20(24)11-17/h4-9,11,13-14H,10,12H2,1-3H3,(H,27,29)(H2,25,26,28,30). The van der Waals surface area contributed by atoms with E-state index in [1.165, 1.54) is 17.4 Å². The zero-order valence-corrected chi connectivity index (χ0v) is 18.5. The van der Waals surface area contributed by atoms with E-state index in [-0.39, 0.29) is 23.7 Å². The normalized spacial score (nSPS) is 10.7. The van der Waals surface area contributed by atoms with Crippen LogP contribution in [-0.2, 0) is 17.8 Å². The molecule has 0 bridgehead atoms. The Kier molecular flexibility index (Phi) is 7.36. The van der Waals surface area contributed by atoms with E-state index in [4.69, 9.17) is 0 Å². The molecule has 0 unspecified atom stereocenters. The first-order valence-corrected chi connectivity index (χ1v) is 10.8. The van der Waals surface area contributed by atoms with Crippen LogP contribution < -0.4 is 16.0 Å². The van der Waals surface area contributed by atoms with E-state index < -0.39 is 0 Å². The molecule has 1 heterocycles. The quantitative estimate of drug-likeness (QED) is 0.478. The fourth-order valence-corrected chi connectivity index (χ4v) is 3.55. The van der Waals surface area contributed by atoms with Gasteiger partial charge in [-0.3, -0.25) is 10.1 Å². The second-order valence-corrected chi connectivity index (χ2v) is 8.66. The summed E-state index contributed by atoms with van der Waals surface area (Å²) in [4.78, 5) is 29.0. The minimum Gasteiger partial charge on any atom is -0.334 e. The molecule has 3 amide bonds. The lowest BCUT2D eigenvalue weighted by Crippen LogP contribution is -2.28. The minimum atomic E-state index is -0.362. The van der Waals surface area contributed by atoms with E-state index in [0.717, 1.165) is 21.7 Å². The highest BCUT2D eigenvalue weighted by Crippen LogP contribution is 2.22. The van der Waals surface area contributed by atoms with Crippen molar-refractivity contribution in [3.05, 3.63) is 76.0 Å². The number of hydrogen-bond acceptors (Lipinski definition) is 4. The molecule has 8 heteroatoms. The molecule has 3 N–H and O–H groups in total. The molecule has 31 heavy (non-hydrogen) atoms. The predicted octanol–water partition coefficient (Wildman–Crippen LogP) is 5.10. The van der Waals surface area contributed by atoms with Crippen molar-refractivity contribution in [1.29, 1.82) is 0 Å². The molecule has 2 aromatic carbocycles. The lowest BCUT2D eigenvalue weighted by Gasteiger charge is -2.09. The average molecular weight is 441 g/mol. The molecule has 0 fully saturated rings. The topological polar surface area (TPSA) is 83.1 Å². The molecule has 0 saturated carbocycles. The number of aromatic nitrogens is 1. The van der Waals surface area contributed by atoms with Gasteiger partial charge in [0.05, 0.1) is 0 Å². The van der Waals surface area contributed by atoms with Crippen LogP contribution in [0.1, 0.15) is 35.4 Å². The number of benzene rings is 2. The molecule has 0 saturated heterocycles. The van der Waals surface area contributed by atoms with Gasteiger partial charge in [0.25, 0.3) is 0 Å². The molecule has 0 aliphatic rings. The van der Waals surface area contributed by atoms with E-state index in [2.05, 4.69) is 20.9 Å². The summed E-state index contributed by atoms with van der Waals surface area (Å²) in [6.45, 7) is 5.73. The molecule has 0 atom stereocenters. The summed E-state index contributed by atoms with van der Waals surface area (Å²) in [5, 5.41) is 8.80. The minimum absolute atomic E-state index is 0.0411. The summed E-state index contributed by atoms with van der Waals surface area (Å²) in [6, 6.07) is 12.1. The Morgan fingerprint density at radius 2 is 1.77 bits per heavy atom. The van der Waals surface area contributed by atoms with Crippen LogP contribution >= 0.6 is 11.3 Å². The van der Waals surface area contributed by atoms with E-state index in [1.54, 1.807) is 31.3 Å². The lowest BCUT2D eigenvalue weighted by molar-refractivity contribution is -0.118. The van der Waals surface area contributed by atoms with Gasteiger partial charge in [-0.2, -0.15) is 0 Å². The van der Waals surface area contributed by atoms with Crippen LogP contribution in [0.15, 0.2) is 48.7 Å². The predicted molar refractivity (Wildman–Crippen MR) is 122 cm³/mol. The summed E-state index contributed by atoms with van der Waals surface area (Å²) < 4.78 is 13.7. The number of nitrogens with zero attached hydrogens (tertiary/aromatic N) is 1. The third-order valence-corrected chi connectivity index (χ3v) is 5.50. The van der Waals surface area contributed by atoms with Gasteiger partial charge in [0.15, 0.2) is 5.13 Å². The molecular formula is C23H25FN4O2S. The van der Waals surface area contributed by atoms with Gasteiger partial charge in [0.1, 0.15) is 5.82 Å². The number of hydrogen-bond donors (Lipinski definition) is 3. The first-order valence-electron chi connectivity index (χ1n) is 9.94. The van der Waals surface area contributed by atoms with Crippen molar-refractivity contribution in [2.45, 2.75) is 33.7 Å². The molecule has 6 nitrogen and oxygen atoms in total. The van der Waals surface area contributed by atoms with Crippen LogP contribution in [0, 0.1) is 18.7 Å². The number of thiazole rings is 1. The number of rotatable bonds is 7. The van der Waals surface area contributed by atoms with Crippen molar-refractivity contribution in [3.8, 4) is 0 Å². The Labute approximate surface area is 184 Å². The van der Waals surface area contributed by atoms with E-state index in [1.807, 2.05) is 32.0 Å². The third kappa shape index (κ3) is 6.62. The van der Waals surface area contributed by atoms with Gasteiger partial charge in [-0.1, -0.05) is 38.1 Å². The van der Waals surface area contributed by atoms with E-state index in [0.29, 0.717) is 23.7 Å². The Balaban J connectivity index is 1.47. The van der Waals surface area contributed by atoms with Crippen LogP contribution in [0.3, 0.4) is 0 Å². The first kappa shape index (κ1) is 22.4. The van der Waals surface area contributed by atoms with Crippen LogP contribution in [0.2, 0.25) is 0 Å². The number of nitrogens with one attached hydrogen (secondary N) is 3. The molecule has 1 aromatic heterocycles. The number of amides is 3. The van der Waals surface area contributed by atoms with Gasteiger partial charge in [-0.15, -0.1) is 11.3 Å². The Morgan fingerprint density at radius 3 is 2.45 bits per heavy atom. The summed E-state index contributed by atoms with van der Waals surface area (Å²) in [7, 11) is 0. The fourth-order valence-electron chi connectivity index (χ4n) is 2.71. The number of aryl methyl sites for hydroxylation is 1. The summed E-state index contributed by atoms with van der Waals surface area (Å²) in [5.74, 6) is -0.356. The van der Waals surface area contributed by atoms with Crippen molar-refractivity contribution < 1.29 is 14.0 Å². The highest BCUT2D eigenvalue weighted by Gasteiger charge is 2.09. The molecule has 3 rings (SSSR count). The molecule has 0 spiro atoms. The first-order chi connectivity index (χ1) is 14.8. The van der Waals surface area contributed by atoms with E-state index >= 15 is 0 Å². The van der Waals surface area contributed by atoms with Gasteiger partial charge in [0, 0.05) is 35.6 Å². The highest BCUT2D eigenvalue weighted by atomic mass is 32.1. The zero-order chi connectivity index (χ0) is 22.4. The van der Waals surface area contributed by atoms with Crippen molar-refractivity contribution in [1.82, 2.24) is 10.3 Å². The van der Waals surface area contributed by atoms with Crippen molar-refractivity contribution in [2.75, 3.05) is 10.6 Å². The molecular weight excluding hydrogens is 415 g/mol. The second-order valence-electron chi connectivity index (χ2n) is 7.54. The number of carbonyl (C=O) groups is 2. The largest absolute Gasteiger partial charge is 0.334 e. The molecule has 3 aromatic rings. The summed E-state index contributed by atoms with van der Waals surface area (Å²) in [5.41, 5.74) is 3.09. The van der Waals surface area contributed by atoms with Crippen LogP contribution in [0.25, 0.3) is 0 Å². The highest BCUT2D eigenvalue weighted by molar-refractivity contribution is 7.15. The molecule has 0 radical (unpaired) electrons. The van der Waals surface area contributed by atoms with Crippen LogP contribution in [0.5, 0.6) is 0 Å². The van der Waals surface area contributed by atoms with E-state index in [9.17, 15) is 14.0 Å². The lowest BCUT2D eigenvalue weighted by atomic mass is 10.1. The third-order valence-electron chi connectivity index (χ3n) is 4.59. The Hall–Kier alpha value is -3.26. The maximum Gasteiger partial charge on any atom is 0.321 e. The Morgan fingerprint density at radius 1 is 1.06 bits per heavy atom. The van der Waals surface area contributed by atoms with Gasteiger partial charge in [-0.25, -0.2) is 14.2 Å². The fraction of sp³-hybridized carbons (Fsp3) is 0.261. The number of halogens is 1. The summed E-state index contributed by atoms with van der Waals surface area (Å²) in [6.07, 6.45) is 2.24. The van der Waals surface area contributed by atoms with Gasteiger partial charge >= 0.3 is 6.03 Å². The van der Waals surface area contributed by atoms with Gasteiger partial charge in [-0.05, 0) is 41.8 Å². The van der Waals surface area contributed by atoms with Crippen molar-refractivity contribution in [3.63, 3.8) is 0 Å². The number of anilines is 2. The second kappa shape index (κ2) is 10.2. The van der Waals surface area contributed by atoms with Crippen LogP contribution in [0.4, 0.5) is 20.0 Å². The molecule has 0 aliphatic heterocycles. The number of urea groups is 1. The average Bonchev–Trinajstić information content (AvgIpc) is 3.16. The maximum absolute atomic E-state index is 13.7. The zero-order valence-electron chi connectivity index (χ0n) is 17.7. The smallest absolute Gasteiger partial charge is 0.321 e. The molecule has 162 valence electrons. The Bertz CT molecular complexity index is 1060.